The molecule has 2 aliphatic rings. The lowest BCUT2D eigenvalue weighted by Crippen LogP contribution is -2.32. The van der Waals surface area contributed by atoms with Crippen LogP contribution in [0.3, 0.4) is 0 Å². The molecule has 11 heteroatoms. The molecule has 2 heterocycles. The Kier molecular flexibility index (Phi) is 6.45. The van der Waals surface area contributed by atoms with Crippen molar-refractivity contribution in [3.05, 3.63) is 39.8 Å². The number of rotatable bonds is 4. The minimum absolute atomic E-state index is 0.0736. The van der Waals surface area contributed by atoms with Crippen molar-refractivity contribution in [2.75, 3.05) is 17.7 Å². The van der Waals surface area contributed by atoms with Gasteiger partial charge in [0.15, 0.2) is 0 Å². The topological polar surface area (TPSA) is 84.5 Å². The molecule has 2 aromatic rings. The van der Waals surface area contributed by atoms with E-state index in [4.69, 9.17) is 4.74 Å². The Morgan fingerprint density at radius 3 is 2.76 bits per heavy atom. The van der Waals surface area contributed by atoms with E-state index in [1.807, 2.05) is 0 Å². The second-order valence-corrected chi connectivity index (χ2v) is 10.5. The van der Waals surface area contributed by atoms with E-state index in [0.29, 0.717) is 21.4 Å². The van der Waals surface area contributed by atoms with Gasteiger partial charge in [-0.1, -0.05) is 6.92 Å². The van der Waals surface area contributed by atoms with Gasteiger partial charge in [0, 0.05) is 16.2 Å². The lowest BCUT2D eigenvalue weighted by molar-refractivity contribution is -0.137. The molecule has 6 nitrogen and oxygen atoms in total. The van der Waals surface area contributed by atoms with Crippen LogP contribution >= 0.6 is 23.1 Å². The highest BCUT2D eigenvalue weighted by atomic mass is 32.2. The predicted octanol–water partition coefficient (Wildman–Crippen LogP) is 5.12. The molecular formula is C22H21F3N2O4S2. The average molecular weight is 499 g/mol. The predicted molar refractivity (Wildman–Crippen MR) is 120 cm³/mol. The zero-order valence-corrected chi connectivity index (χ0v) is 19.4. The molecule has 1 aromatic heterocycles. The summed E-state index contributed by atoms with van der Waals surface area (Å²) in [5.74, 6) is -1.05. The number of amides is 2. The number of thiophene rings is 1. The molecule has 0 fully saturated rings. The number of hydrogen-bond acceptors (Lipinski definition) is 6. The van der Waals surface area contributed by atoms with Crippen LogP contribution in [0.1, 0.15) is 46.1 Å². The van der Waals surface area contributed by atoms with E-state index in [1.54, 1.807) is 0 Å². The number of halogens is 3. The van der Waals surface area contributed by atoms with Crippen LogP contribution in [0.2, 0.25) is 0 Å². The van der Waals surface area contributed by atoms with Crippen molar-refractivity contribution in [1.82, 2.24) is 0 Å². The highest BCUT2D eigenvalue weighted by Crippen LogP contribution is 2.42. The van der Waals surface area contributed by atoms with E-state index in [-0.39, 0.29) is 12.1 Å². The number of carbonyl (C=O) groups is 3. The Balaban J connectivity index is 1.50. The molecule has 0 saturated carbocycles. The van der Waals surface area contributed by atoms with Gasteiger partial charge >= 0.3 is 12.1 Å². The van der Waals surface area contributed by atoms with E-state index < -0.39 is 34.8 Å². The number of carbonyl (C=O) groups excluding carboxylic acids is 3. The van der Waals surface area contributed by atoms with Crippen LogP contribution in [0.15, 0.2) is 23.1 Å². The van der Waals surface area contributed by atoms with Crippen LogP contribution in [0.4, 0.5) is 23.9 Å². The van der Waals surface area contributed by atoms with Crippen LogP contribution in [-0.4, -0.2) is 30.1 Å². The van der Waals surface area contributed by atoms with Crippen molar-refractivity contribution in [2.45, 2.75) is 48.9 Å². The number of esters is 1. The fourth-order valence-corrected chi connectivity index (χ4v) is 6.47. The van der Waals surface area contributed by atoms with Gasteiger partial charge in [-0.2, -0.15) is 13.2 Å². The molecule has 0 radical (unpaired) electrons. The number of nitrogens with one attached hydrogen (secondary N) is 2. The summed E-state index contributed by atoms with van der Waals surface area (Å²) < 4.78 is 43.7. The van der Waals surface area contributed by atoms with E-state index in [2.05, 4.69) is 17.6 Å². The first kappa shape index (κ1) is 23.6. The van der Waals surface area contributed by atoms with Gasteiger partial charge in [-0.3, -0.25) is 9.59 Å². The fourth-order valence-electron chi connectivity index (χ4n) is 3.96. The fraction of sp³-hybridized carbons (Fsp3) is 0.409. The lowest BCUT2D eigenvalue weighted by Gasteiger charge is -2.24. The smallest absolute Gasteiger partial charge is 0.416 e. The van der Waals surface area contributed by atoms with Gasteiger partial charge in [0.1, 0.15) is 5.00 Å². The summed E-state index contributed by atoms with van der Waals surface area (Å²) in [6.45, 7) is 2.13. The third-order valence-corrected chi connectivity index (χ3v) is 8.10. The number of fused-ring (bicyclic) bond motifs is 2. The van der Waals surface area contributed by atoms with Crippen molar-refractivity contribution in [1.29, 1.82) is 0 Å². The van der Waals surface area contributed by atoms with Gasteiger partial charge in [0.05, 0.1) is 29.2 Å². The molecule has 1 aliphatic heterocycles. The molecule has 0 bridgehead atoms. The lowest BCUT2D eigenvalue weighted by atomic mass is 9.88. The molecule has 176 valence electrons. The zero-order chi connectivity index (χ0) is 23.9. The zero-order valence-electron chi connectivity index (χ0n) is 17.8. The van der Waals surface area contributed by atoms with Crippen molar-refractivity contribution < 1.29 is 32.3 Å². The van der Waals surface area contributed by atoms with Crippen molar-refractivity contribution >= 4 is 51.6 Å². The molecule has 33 heavy (non-hydrogen) atoms. The minimum Gasteiger partial charge on any atom is -0.465 e. The highest BCUT2D eigenvalue weighted by molar-refractivity contribution is 8.01. The summed E-state index contributed by atoms with van der Waals surface area (Å²) in [6.07, 6.45) is -2.23. The quantitative estimate of drug-likeness (QED) is 0.572. The summed E-state index contributed by atoms with van der Waals surface area (Å²) in [6, 6.07) is 3.12. The molecule has 2 N–H and O–H groups in total. The van der Waals surface area contributed by atoms with Gasteiger partial charge in [-0.15, -0.1) is 23.1 Å². The SMILES string of the molecule is COC(=O)c1c(NC(=O)CC2Sc3ccc(C(F)(F)F)cc3NC2=O)sc2c1CCC(C)C2. The van der Waals surface area contributed by atoms with E-state index >= 15 is 0 Å². The van der Waals surface area contributed by atoms with Crippen LogP contribution in [0.5, 0.6) is 0 Å². The highest BCUT2D eigenvalue weighted by Gasteiger charge is 2.35. The molecule has 4 rings (SSSR count). The monoisotopic (exact) mass is 498 g/mol. The third kappa shape index (κ3) is 4.89. The number of methoxy groups -OCH3 is 1. The second kappa shape index (κ2) is 9.02. The van der Waals surface area contributed by atoms with Crippen molar-refractivity contribution in [3.63, 3.8) is 0 Å². The molecule has 2 atom stereocenters. The molecule has 1 aliphatic carbocycles. The first-order chi connectivity index (χ1) is 15.6. The first-order valence-corrected chi connectivity index (χ1v) is 12.0. The number of ether oxygens (including phenoxy) is 1. The number of thioether (sulfide) groups is 1. The summed E-state index contributed by atoms with van der Waals surface area (Å²) >= 11 is 2.38. The van der Waals surface area contributed by atoms with Gasteiger partial charge in [0.2, 0.25) is 11.8 Å². The third-order valence-electron chi connectivity index (χ3n) is 5.65. The molecule has 2 unspecified atom stereocenters. The van der Waals surface area contributed by atoms with Crippen LogP contribution in [-0.2, 0) is 33.3 Å². The van der Waals surface area contributed by atoms with Gasteiger partial charge in [-0.05, 0) is 48.9 Å². The summed E-state index contributed by atoms with van der Waals surface area (Å²) in [7, 11) is 1.29. The second-order valence-electron chi connectivity index (χ2n) is 8.10. The maximum Gasteiger partial charge on any atom is 0.416 e. The Morgan fingerprint density at radius 2 is 2.06 bits per heavy atom. The number of benzene rings is 1. The van der Waals surface area contributed by atoms with Gasteiger partial charge in [-0.25, -0.2) is 4.79 Å². The maximum absolute atomic E-state index is 12.9. The molecule has 0 spiro atoms. The number of alkyl halides is 3. The average Bonchev–Trinajstić information content (AvgIpc) is 3.09. The molecule has 0 saturated heterocycles. The van der Waals surface area contributed by atoms with Crippen molar-refractivity contribution in [3.8, 4) is 0 Å². The van der Waals surface area contributed by atoms with E-state index in [1.165, 1.54) is 24.5 Å². The number of hydrogen-bond donors (Lipinski definition) is 2. The van der Waals surface area contributed by atoms with Crippen LogP contribution in [0, 0.1) is 5.92 Å². The van der Waals surface area contributed by atoms with E-state index in [9.17, 15) is 27.6 Å². The molecule has 1 aromatic carbocycles. The summed E-state index contributed by atoms with van der Waals surface area (Å²) in [5, 5.41) is 4.81. The van der Waals surface area contributed by atoms with Crippen molar-refractivity contribution in [2.24, 2.45) is 5.92 Å². The van der Waals surface area contributed by atoms with Crippen LogP contribution in [0.25, 0.3) is 0 Å². The molecule has 2 amide bonds. The van der Waals surface area contributed by atoms with E-state index in [0.717, 1.165) is 53.6 Å². The van der Waals surface area contributed by atoms with Gasteiger partial charge < -0.3 is 15.4 Å². The first-order valence-electron chi connectivity index (χ1n) is 10.3. The van der Waals surface area contributed by atoms with Gasteiger partial charge in [0.25, 0.3) is 0 Å². The molecular weight excluding hydrogens is 477 g/mol. The largest absolute Gasteiger partial charge is 0.465 e. The Bertz CT molecular complexity index is 1130. The maximum atomic E-state index is 12.9. The Morgan fingerprint density at radius 1 is 1.30 bits per heavy atom. The Hall–Kier alpha value is -2.53. The standard InChI is InChI=1S/C22H21F3N2O4S2/c1-10-3-5-12-15(7-10)33-20(18(12)21(30)31-2)27-17(28)9-16-19(29)26-13-8-11(22(23,24)25)4-6-14(13)32-16/h4,6,8,10,16H,3,5,7,9H2,1-2H3,(H,26,29)(H,27,28). The minimum atomic E-state index is -4.52. The normalized spacial score (nSPS) is 19.8. The van der Waals surface area contributed by atoms with Crippen LogP contribution < -0.4 is 10.6 Å². The Labute approximate surface area is 196 Å². The summed E-state index contributed by atoms with van der Waals surface area (Å²) in [4.78, 5) is 39.1. The number of anilines is 2. The summed E-state index contributed by atoms with van der Waals surface area (Å²) in [5.41, 5.74) is 0.483.